The van der Waals surface area contributed by atoms with Crippen molar-refractivity contribution < 1.29 is 4.79 Å². The molecular weight excluding hydrogens is 388 g/mol. The normalized spacial score (nSPS) is 17.7. The molecule has 1 unspecified atom stereocenters. The molecule has 0 bridgehead atoms. The van der Waals surface area contributed by atoms with E-state index < -0.39 is 0 Å². The Morgan fingerprint density at radius 1 is 1.10 bits per heavy atom. The second-order valence-electron chi connectivity index (χ2n) is 8.58. The topological polar surface area (TPSA) is 75.1 Å². The number of anilines is 1. The van der Waals surface area contributed by atoms with Gasteiger partial charge in [0.2, 0.25) is 0 Å². The lowest BCUT2D eigenvalue weighted by Gasteiger charge is -2.43. The summed E-state index contributed by atoms with van der Waals surface area (Å²) in [7, 11) is 0. The van der Waals surface area contributed by atoms with Gasteiger partial charge in [0.05, 0.1) is 18.3 Å². The molecule has 2 fully saturated rings. The van der Waals surface area contributed by atoms with Crippen LogP contribution >= 0.6 is 0 Å². The minimum atomic E-state index is -0.125. The predicted molar refractivity (Wildman–Crippen MR) is 120 cm³/mol. The highest BCUT2D eigenvalue weighted by Gasteiger charge is 2.33. The van der Waals surface area contributed by atoms with E-state index >= 15 is 0 Å². The SMILES string of the molecule is CC(c1ccc(CNc2ccccc2)cc1)N1CC(NC(=O)c2cn(C3CC3)nn2)C1. The summed E-state index contributed by atoms with van der Waals surface area (Å²) >= 11 is 0. The van der Waals surface area contributed by atoms with Crippen LogP contribution in [0.4, 0.5) is 5.69 Å². The van der Waals surface area contributed by atoms with E-state index in [9.17, 15) is 4.79 Å². The van der Waals surface area contributed by atoms with Crippen molar-refractivity contribution >= 4 is 11.6 Å². The van der Waals surface area contributed by atoms with E-state index in [0.717, 1.165) is 38.2 Å². The van der Waals surface area contributed by atoms with Gasteiger partial charge in [-0.15, -0.1) is 5.10 Å². The molecular formula is C24H28N6O. The van der Waals surface area contributed by atoms with Crippen molar-refractivity contribution in [3.63, 3.8) is 0 Å². The maximum atomic E-state index is 12.4. The highest BCUT2D eigenvalue weighted by atomic mass is 16.2. The summed E-state index contributed by atoms with van der Waals surface area (Å²) in [5, 5.41) is 14.6. The quantitative estimate of drug-likeness (QED) is 0.589. The van der Waals surface area contributed by atoms with Gasteiger partial charge < -0.3 is 10.6 Å². The lowest BCUT2D eigenvalue weighted by molar-refractivity contribution is 0.0672. The van der Waals surface area contributed by atoms with Crippen molar-refractivity contribution in [1.29, 1.82) is 0 Å². The molecule has 2 heterocycles. The number of hydrogen-bond acceptors (Lipinski definition) is 5. The number of carbonyl (C=O) groups is 1. The van der Waals surface area contributed by atoms with Gasteiger partial charge in [0.25, 0.3) is 5.91 Å². The number of nitrogens with one attached hydrogen (secondary N) is 2. The first-order valence-corrected chi connectivity index (χ1v) is 11.0. The molecule has 5 rings (SSSR count). The van der Waals surface area contributed by atoms with Gasteiger partial charge >= 0.3 is 0 Å². The molecule has 2 N–H and O–H groups in total. The molecule has 3 aromatic rings. The number of rotatable bonds is 8. The number of hydrogen-bond donors (Lipinski definition) is 2. The van der Waals surface area contributed by atoms with Crippen LogP contribution in [-0.2, 0) is 6.54 Å². The Bertz CT molecular complexity index is 1020. The second-order valence-corrected chi connectivity index (χ2v) is 8.58. The van der Waals surface area contributed by atoms with E-state index in [-0.39, 0.29) is 11.9 Å². The Morgan fingerprint density at radius 3 is 2.55 bits per heavy atom. The van der Waals surface area contributed by atoms with Gasteiger partial charge in [-0.2, -0.15) is 0 Å². The molecule has 0 spiro atoms. The lowest BCUT2D eigenvalue weighted by Crippen LogP contribution is -2.59. The summed E-state index contributed by atoms with van der Waals surface area (Å²) in [5.74, 6) is -0.125. The number of carbonyl (C=O) groups excluding carboxylic acids is 1. The maximum absolute atomic E-state index is 12.4. The molecule has 1 saturated carbocycles. The van der Waals surface area contributed by atoms with Gasteiger partial charge in [-0.3, -0.25) is 9.69 Å². The van der Waals surface area contributed by atoms with Crippen LogP contribution in [0.25, 0.3) is 0 Å². The minimum absolute atomic E-state index is 0.125. The Morgan fingerprint density at radius 2 is 1.84 bits per heavy atom. The first-order valence-electron chi connectivity index (χ1n) is 11.0. The van der Waals surface area contributed by atoms with Gasteiger partial charge in [-0.25, -0.2) is 4.68 Å². The Kier molecular flexibility index (Phi) is 5.42. The molecule has 1 amide bonds. The maximum Gasteiger partial charge on any atom is 0.273 e. The van der Waals surface area contributed by atoms with Gasteiger partial charge in [-0.05, 0) is 43.0 Å². The van der Waals surface area contributed by atoms with Crippen molar-refractivity contribution in [3.05, 3.63) is 77.6 Å². The Balaban J connectivity index is 1.08. The summed E-state index contributed by atoms with van der Waals surface area (Å²) in [4.78, 5) is 14.8. The molecule has 1 aliphatic carbocycles. The van der Waals surface area contributed by atoms with Gasteiger partial charge in [0, 0.05) is 31.4 Å². The zero-order valence-corrected chi connectivity index (χ0v) is 17.7. The van der Waals surface area contributed by atoms with Crippen LogP contribution in [0.1, 0.15) is 53.5 Å². The fourth-order valence-corrected chi connectivity index (χ4v) is 3.96. The van der Waals surface area contributed by atoms with Gasteiger partial charge in [-0.1, -0.05) is 47.7 Å². The molecule has 7 nitrogen and oxygen atoms in total. The third-order valence-electron chi connectivity index (χ3n) is 6.19. The predicted octanol–water partition coefficient (Wildman–Crippen LogP) is 3.40. The first kappa shape index (κ1) is 19.8. The number of aromatic nitrogens is 3. The summed E-state index contributed by atoms with van der Waals surface area (Å²) in [5.41, 5.74) is 4.09. The third kappa shape index (κ3) is 4.61. The van der Waals surface area contributed by atoms with Crippen LogP contribution in [-0.4, -0.2) is 44.9 Å². The van der Waals surface area contributed by atoms with Gasteiger partial charge in [0.1, 0.15) is 0 Å². The Labute approximate surface area is 182 Å². The van der Waals surface area contributed by atoms with Crippen molar-refractivity contribution in [2.45, 2.75) is 44.4 Å². The average Bonchev–Trinajstić information content (AvgIpc) is 3.51. The highest BCUT2D eigenvalue weighted by Crippen LogP contribution is 2.33. The molecule has 0 radical (unpaired) electrons. The van der Waals surface area contributed by atoms with Gasteiger partial charge in [0.15, 0.2) is 5.69 Å². The van der Waals surface area contributed by atoms with Crippen LogP contribution in [0.3, 0.4) is 0 Å². The van der Waals surface area contributed by atoms with Crippen molar-refractivity contribution in [1.82, 2.24) is 25.2 Å². The van der Waals surface area contributed by atoms with Crippen molar-refractivity contribution in [2.75, 3.05) is 18.4 Å². The number of para-hydroxylation sites is 1. The average molecular weight is 417 g/mol. The summed E-state index contributed by atoms with van der Waals surface area (Å²) < 4.78 is 1.81. The zero-order chi connectivity index (χ0) is 21.2. The standard InChI is InChI=1S/C24H28N6O/c1-17(19-9-7-18(8-10-19)13-25-20-5-3-2-4-6-20)29-14-21(15-29)26-24(31)23-16-30(28-27-23)22-11-12-22/h2-10,16-17,21-22,25H,11-15H2,1H3,(H,26,31). The molecule has 1 aliphatic heterocycles. The van der Waals surface area contributed by atoms with E-state index in [1.54, 1.807) is 6.20 Å². The number of amides is 1. The molecule has 7 heteroatoms. The lowest BCUT2D eigenvalue weighted by atomic mass is 9.99. The fraction of sp³-hybridized carbons (Fsp3) is 0.375. The zero-order valence-electron chi connectivity index (χ0n) is 17.7. The summed E-state index contributed by atoms with van der Waals surface area (Å²) in [6.45, 7) is 4.72. The monoisotopic (exact) mass is 416 g/mol. The van der Waals surface area contributed by atoms with E-state index in [2.05, 4.69) is 69.2 Å². The smallest absolute Gasteiger partial charge is 0.273 e. The molecule has 31 heavy (non-hydrogen) atoms. The van der Waals surface area contributed by atoms with E-state index in [1.165, 1.54) is 11.1 Å². The fourth-order valence-electron chi connectivity index (χ4n) is 3.96. The summed E-state index contributed by atoms with van der Waals surface area (Å²) in [6, 6.07) is 19.9. The number of nitrogens with zero attached hydrogens (tertiary/aromatic N) is 4. The molecule has 1 aromatic heterocycles. The first-order chi connectivity index (χ1) is 15.2. The molecule has 1 atom stereocenters. The van der Waals surface area contributed by atoms with E-state index in [0.29, 0.717) is 17.8 Å². The van der Waals surface area contributed by atoms with Crippen LogP contribution in [0, 0.1) is 0 Å². The largest absolute Gasteiger partial charge is 0.381 e. The minimum Gasteiger partial charge on any atom is -0.381 e. The van der Waals surface area contributed by atoms with Crippen LogP contribution in [0.5, 0.6) is 0 Å². The van der Waals surface area contributed by atoms with Crippen molar-refractivity contribution in [3.8, 4) is 0 Å². The van der Waals surface area contributed by atoms with Crippen LogP contribution < -0.4 is 10.6 Å². The van der Waals surface area contributed by atoms with Crippen molar-refractivity contribution in [2.24, 2.45) is 0 Å². The Hall–Kier alpha value is -3.19. The van der Waals surface area contributed by atoms with Crippen LogP contribution in [0.2, 0.25) is 0 Å². The van der Waals surface area contributed by atoms with E-state index in [4.69, 9.17) is 0 Å². The molecule has 2 aromatic carbocycles. The number of likely N-dealkylation sites (tertiary alicyclic amines) is 1. The molecule has 1 saturated heterocycles. The molecule has 160 valence electrons. The molecule has 2 aliphatic rings. The highest BCUT2D eigenvalue weighted by molar-refractivity contribution is 5.92. The van der Waals surface area contributed by atoms with Crippen LogP contribution in [0.15, 0.2) is 60.8 Å². The summed E-state index contributed by atoms with van der Waals surface area (Å²) in [6.07, 6.45) is 4.02. The van der Waals surface area contributed by atoms with E-state index in [1.807, 2.05) is 22.9 Å². The second kappa shape index (κ2) is 8.51. The third-order valence-corrected chi connectivity index (χ3v) is 6.19. The number of benzene rings is 2.